The Morgan fingerprint density at radius 3 is 2.55 bits per heavy atom. The minimum absolute atomic E-state index is 0.277. The van der Waals surface area contributed by atoms with E-state index in [1.807, 2.05) is 19.1 Å². The monoisotopic (exact) mass is 413 g/mol. The SMILES string of the molecule is CNC(=O)c1c2cc(C3CC3)c(N(C)S(C)(=O)=O)cc2nn1-c1ccc(C)cn1. The molecule has 0 spiro atoms. The molecule has 2 heterocycles. The van der Waals surface area contributed by atoms with Crippen molar-refractivity contribution in [3.05, 3.63) is 47.3 Å². The van der Waals surface area contributed by atoms with Crippen LogP contribution in [0.2, 0.25) is 0 Å². The molecule has 4 rings (SSSR count). The fourth-order valence-electron chi connectivity index (χ4n) is 3.40. The topological polar surface area (TPSA) is 97.2 Å². The third kappa shape index (κ3) is 3.46. The predicted octanol–water partition coefficient (Wildman–Crippen LogP) is 2.36. The molecular weight excluding hydrogens is 390 g/mol. The van der Waals surface area contributed by atoms with Gasteiger partial charge in [-0.1, -0.05) is 6.07 Å². The molecule has 29 heavy (non-hydrogen) atoms. The van der Waals surface area contributed by atoms with Crippen molar-refractivity contribution in [1.82, 2.24) is 20.1 Å². The van der Waals surface area contributed by atoms with Gasteiger partial charge in [-0.05, 0) is 55.0 Å². The summed E-state index contributed by atoms with van der Waals surface area (Å²) in [5, 5.41) is 7.95. The Morgan fingerprint density at radius 1 is 1.28 bits per heavy atom. The number of sulfonamides is 1. The summed E-state index contributed by atoms with van der Waals surface area (Å²) in [6.07, 6.45) is 4.89. The summed E-state index contributed by atoms with van der Waals surface area (Å²) in [7, 11) is -0.314. The van der Waals surface area contributed by atoms with Crippen molar-refractivity contribution < 1.29 is 13.2 Å². The fraction of sp³-hybridized carbons (Fsp3) is 0.350. The maximum Gasteiger partial charge on any atom is 0.270 e. The summed E-state index contributed by atoms with van der Waals surface area (Å²) in [4.78, 5) is 17.1. The molecule has 1 amide bonds. The van der Waals surface area contributed by atoms with Gasteiger partial charge >= 0.3 is 0 Å². The third-order valence-corrected chi connectivity index (χ3v) is 6.42. The van der Waals surface area contributed by atoms with Crippen LogP contribution in [-0.2, 0) is 10.0 Å². The van der Waals surface area contributed by atoms with Gasteiger partial charge in [-0.25, -0.2) is 18.1 Å². The van der Waals surface area contributed by atoms with Gasteiger partial charge in [0.15, 0.2) is 5.82 Å². The van der Waals surface area contributed by atoms with E-state index in [9.17, 15) is 13.2 Å². The van der Waals surface area contributed by atoms with Crippen LogP contribution in [0.15, 0.2) is 30.5 Å². The summed E-state index contributed by atoms with van der Waals surface area (Å²) in [5.74, 6) is 0.536. The number of rotatable bonds is 5. The fourth-order valence-corrected chi connectivity index (χ4v) is 3.91. The molecule has 1 aromatic carbocycles. The van der Waals surface area contributed by atoms with E-state index >= 15 is 0 Å². The lowest BCUT2D eigenvalue weighted by molar-refractivity contribution is 0.0957. The van der Waals surface area contributed by atoms with Crippen LogP contribution in [0, 0.1) is 6.92 Å². The Morgan fingerprint density at radius 2 is 2.00 bits per heavy atom. The summed E-state index contributed by atoms with van der Waals surface area (Å²) in [6, 6.07) is 7.37. The lowest BCUT2D eigenvalue weighted by atomic mass is 10.0. The van der Waals surface area contributed by atoms with Gasteiger partial charge < -0.3 is 5.32 Å². The van der Waals surface area contributed by atoms with E-state index in [0.29, 0.717) is 28.1 Å². The van der Waals surface area contributed by atoms with Gasteiger partial charge in [0.2, 0.25) is 10.0 Å². The van der Waals surface area contributed by atoms with E-state index in [0.717, 1.165) is 24.0 Å². The molecule has 1 aliphatic carbocycles. The minimum Gasteiger partial charge on any atom is -0.354 e. The maximum atomic E-state index is 12.7. The summed E-state index contributed by atoms with van der Waals surface area (Å²) >= 11 is 0. The van der Waals surface area contributed by atoms with Gasteiger partial charge in [-0.15, -0.1) is 0 Å². The number of hydrogen-bond donors (Lipinski definition) is 1. The Labute approximate surface area is 169 Å². The van der Waals surface area contributed by atoms with Crippen LogP contribution in [0.25, 0.3) is 16.7 Å². The first-order chi connectivity index (χ1) is 13.7. The lowest BCUT2D eigenvalue weighted by Gasteiger charge is -2.20. The second kappa shape index (κ2) is 6.84. The Kier molecular flexibility index (Phi) is 4.57. The number of carbonyl (C=O) groups is 1. The molecule has 1 aliphatic rings. The van der Waals surface area contributed by atoms with Crippen molar-refractivity contribution in [3.63, 3.8) is 0 Å². The molecule has 2 aromatic heterocycles. The van der Waals surface area contributed by atoms with E-state index in [1.165, 1.54) is 15.2 Å². The van der Waals surface area contributed by atoms with Crippen LogP contribution in [0.1, 0.15) is 40.4 Å². The van der Waals surface area contributed by atoms with Crippen LogP contribution in [0.3, 0.4) is 0 Å². The Bertz CT molecular complexity index is 1210. The molecule has 0 saturated heterocycles. The number of hydrogen-bond acceptors (Lipinski definition) is 5. The van der Waals surface area contributed by atoms with Gasteiger partial charge in [0, 0.05) is 25.7 Å². The van der Waals surface area contributed by atoms with E-state index in [4.69, 9.17) is 0 Å². The van der Waals surface area contributed by atoms with Crippen molar-refractivity contribution in [2.24, 2.45) is 0 Å². The second-order valence-electron chi connectivity index (χ2n) is 7.47. The number of benzene rings is 1. The standard InChI is InChI=1S/C20H23N5O3S/c1-12-5-8-18(22-11-12)25-19(20(26)21-2)15-9-14(13-6-7-13)17(10-16(15)23-25)24(3)29(4,27)28/h5,8-11,13H,6-7H2,1-4H3,(H,21,26). The van der Waals surface area contributed by atoms with Gasteiger partial charge in [-0.2, -0.15) is 5.10 Å². The highest BCUT2D eigenvalue weighted by atomic mass is 32.2. The van der Waals surface area contributed by atoms with Crippen molar-refractivity contribution in [2.75, 3.05) is 24.7 Å². The second-order valence-corrected chi connectivity index (χ2v) is 9.48. The molecule has 1 N–H and O–H groups in total. The van der Waals surface area contributed by atoms with Crippen molar-refractivity contribution >= 4 is 32.5 Å². The van der Waals surface area contributed by atoms with E-state index in [-0.39, 0.29) is 11.8 Å². The molecule has 0 atom stereocenters. The number of fused-ring (bicyclic) bond motifs is 1. The van der Waals surface area contributed by atoms with Gasteiger partial charge in [0.1, 0.15) is 5.69 Å². The van der Waals surface area contributed by atoms with Crippen molar-refractivity contribution in [3.8, 4) is 5.82 Å². The molecule has 3 aromatic rings. The number of anilines is 1. The highest BCUT2D eigenvalue weighted by molar-refractivity contribution is 7.92. The summed E-state index contributed by atoms with van der Waals surface area (Å²) in [6.45, 7) is 1.94. The van der Waals surface area contributed by atoms with Crippen LogP contribution in [0.4, 0.5) is 5.69 Å². The maximum absolute atomic E-state index is 12.7. The highest BCUT2D eigenvalue weighted by Gasteiger charge is 2.31. The zero-order valence-electron chi connectivity index (χ0n) is 16.8. The molecule has 0 unspecified atom stereocenters. The van der Waals surface area contributed by atoms with Crippen LogP contribution in [0.5, 0.6) is 0 Å². The Hall–Kier alpha value is -2.94. The first-order valence-electron chi connectivity index (χ1n) is 9.36. The molecule has 1 saturated carbocycles. The first kappa shape index (κ1) is 19.4. The van der Waals surface area contributed by atoms with Crippen molar-refractivity contribution in [1.29, 1.82) is 0 Å². The van der Waals surface area contributed by atoms with E-state index in [2.05, 4.69) is 15.4 Å². The smallest absolute Gasteiger partial charge is 0.270 e. The highest BCUT2D eigenvalue weighted by Crippen LogP contribution is 2.46. The van der Waals surface area contributed by atoms with Crippen LogP contribution in [-0.4, -0.2) is 49.4 Å². The molecular formula is C20H23N5O3S. The minimum atomic E-state index is -3.43. The van der Waals surface area contributed by atoms with Gasteiger partial charge in [0.05, 0.1) is 17.5 Å². The molecule has 0 radical (unpaired) electrons. The first-order valence-corrected chi connectivity index (χ1v) is 11.2. The molecule has 8 nitrogen and oxygen atoms in total. The van der Waals surface area contributed by atoms with Crippen LogP contribution < -0.4 is 9.62 Å². The number of aryl methyl sites for hydroxylation is 1. The third-order valence-electron chi connectivity index (χ3n) is 5.23. The van der Waals surface area contributed by atoms with E-state index in [1.54, 1.807) is 32.4 Å². The quantitative estimate of drug-likeness (QED) is 0.693. The Balaban J connectivity index is 2.00. The summed E-state index contributed by atoms with van der Waals surface area (Å²) in [5.41, 5.74) is 3.45. The number of amides is 1. The molecule has 0 bridgehead atoms. The molecule has 0 aliphatic heterocycles. The number of nitrogens with zero attached hydrogens (tertiary/aromatic N) is 4. The van der Waals surface area contributed by atoms with Gasteiger partial charge in [-0.3, -0.25) is 9.10 Å². The average Bonchev–Trinajstić information content (AvgIpc) is 3.46. The normalized spacial score (nSPS) is 14.2. The summed E-state index contributed by atoms with van der Waals surface area (Å²) < 4.78 is 27.1. The number of aromatic nitrogens is 3. The largest absolute Gasteiger partial charge is 0.354 e. The zero-order chi connectivity index (χ0) is 20.9. The number of carbonyl (C=O) groups excluding carboxylic acids is 1. The van der Waals surface area contributed by atoms with Crippen LogP contribution >= 0.6 is 0 Å². The lowest BCUT2D eigenvalue weighted by Crippen LogP contribution is -2.26. The predicted molar refractivity (Wildman–Crippen MR) is 112 cm³/mol. The molecule has 152 valence electrons. The van der Waals surface area contributed by atoms with E-state index < -0.39 is 10.0 Å². The average molecular weight is 414 g/mol. The van der Waals surface area contributed by atoms with Crippen molar-refractivity contribution in [2.45, 2.75) is 25.7 Å². The number of nitrogens with one attached hydrogen (secondary N) is 1. The molecule has 9 heteroatoms. The van der Waals surface area contributed by atoms with Gasteiger partial charge in [0.25, 0.3) is 5.91 Å². The number of pyridine rings is 1. The molecule has 1 fully saturated rings. The zero-order valence-corrected chi connectivity index (χ0v) is 17.6.